The lowest BCUT2D eigenvalue weighted by Gasteiger charge is -2.07. The van der Waals surface area contributed by atoms with E-state index >= 15 is 0 Å². The summed E-state index contributed by atoms with van der Waals surface area (Å²) in [6.07, 6.45) is 7.89. The van der Waals surface area contributed by atoms with Crippen molar-refractivity contribution in [2.45, 2.75) is 56.8 Å². The van der Waals surface area contributed by atoms with Crippen molar-refractivity contribution in [3.63, 3.8) is 0 Å². The van der Waals surface area contributed by atoms with Crippen molar-refractivity contribution in [1.29, 1.82) is 0 Å². The molecule has 1 saturated heterocycles. The van der Waals surface area contributed by atoms with Gasteiger partial charge in [0.2, 0.25) is 5.89 Å². The fraction of sp³-hybridized carbons (Fsp3) is 0.846. The van der Waals surface area contributed by atoms with Gasteiger partial charge in [0.1, 0.15) is 0 Å². The van der Waals surface area contributed by atoms with Gasteiger partial charge in [-0.3, -0.25) is 0 Å². The third-order valence-corrected chi connectivity index (χ3v) is 6.03. The topological polar surface area (TPSA) is 73.1 Å². The van der Waals surface area contributed by atoms with Crippen LogP contribution >= 0.6 is 0 Å². The average Bonchev–Trinajstić information content (AvgIpc) is 2.88. The normalized spacial score (nSPS) is 28.3. The van der Waals surface area contributed by atoms with Crippen LogP contribution in [0.3, 0.4) is 0 Å². The largest absolute Gasteiger partial charge is 0.339 e. The predicted octanol–water partition coefficient (Wildman–Crippen LogP) is 2.41. The van der Waals surface area contributed by atoms with Gasteiger partial charge in [0.25, 0.3) is 0 Å². The van der Waals surface area contributed by atoms with E-state index in [0.717, 1.165) is 18.7 Å². The van der Waals surface area contributed by atoms with Crippen LogP contribution in [0.25, 0.3) is 0 Å². The van der Waals surface area contributed by atoms with E-state index in [-0.39, 0.29) is 17.4 Å². The van der Waals surface area contributed by atoms with Gasteiger partial charge < -0.3 is 4.52 Å². The Kier molecular flexibility index (Phi) is 3.60. The molecule has 1 aliphatic heterocycles. The van der Waals surface area contributed by atoms with Crippen molar-refractivity contribution in [2.24, 2.45) is 0 Å². The number of rotatable bonds is 2. The molecule has 0 amide bonds. The van der Waals surface area contributed by atoms with E-state index in [0.29, 0.717) is 18.2 Å². The maximum atomic E-state index is 11.5. The van der Waals surface area contributed by atoms with Crippen LogP contribution in [0, 0.1) is 0 Å². The Bertz CT molecular complexity index is 530. The van der Waals surface area contributed by atoms with Gasteiger partial charge in [-0.25, -0.2) is 8.42 Å². The lowest BCUT2D eigenvalue weighted by Crippen LogP contribution is -2.05. The summed E-state index contributed by atoms with van der Waals surface area (Å²) < 4.78 is 28.3. The molecule has 19 heavy (non-hydrogen) atoms. The highest BCUT2D eigenvalue weighted by Crippen LogP contribution is 2.32. The zero-order chi connectivity index (χ0) is 13.3. The van der Waals surface area contributed by atoms with Crippen molar-refractivity contribution in [1.82, 2.24) is 10.1 Å². The first kappa shape index (κ1) is 13.1. The zero-order valence-corrected chi connectivity index (χ0v) is 11.9. The van der Waals surface area contributed by atoms with E-state index in [1.54, 1.807) is 0 Å². The predicted molar refractivity (Wildman–Crippen MR) is 70.8 cm³/mol. The summed E-state index contributed by atoms with van der Waals surface area (Å²) in [6, 6.07) is 0. The Morgan fingerprint density at radius 3 is 2.37 bits per heavy atom. The Morgan fingerprint density at radius 2 is 1.74 bits per heavy atom. The quantitative estimate of drug-likeness (QED) is 0.780. The van der Waals surface area contributed by atoms with Gasteiger partial charge in [0.05, 0.1) is 11.5 Å². The molecule has 0 radical (unpaired) electrons. The molecule has 1 aromatic heterocycles. The summed E-state index contributed by atoms with van der Waals surface area (Å²) in [7, 11) is -2.89. The second-order valence-corrected chi connectivity index (χ2v) is 8.01. The Balaban J connectivity index is 1.72. The highest BCUT2D eigenvalue weighted by atomic mass is 32.2. The molecule has 106 valence electrons. The highest BCUT2D eigenvalue weighted by molar-refractivity contribution is 7.91. The fourth-order valence-corrected chi connectivity index (χ4v) is 4.84. The number of hydrogen-bond donors (Lipinski definition) is 0. The molecule has 1 aliphatic carbocycles. The SMILES string of the molecule is O=S1(=O)CC[C@@H](c2noc(C3CCCCCC3)n2)C1. The van der Waals surface area contributed by atoms with Gasteiger partial charge in [-0.2, -0.15) is 4.98 Å². The monoisotopic (exact) mass is 284 g/mol. The third-order valence-electron chi connectivity index (χ3n) is 4.26. The maximum Gasteiger partial charge on any atom is 0.229 e. The zero-order valence-electron chi connectivity index (χ0n) is 11.0. The van der Waals surface area contributed by atoms with Crippen molar-refractivity contribution in [3.05, 3.63) is 11.7 Å². The lowest BCUT2D eigenvalue weighted by atomic mass is 10.0. The van der Waals surface area contributed by atoms with E-state index in [4.69, 9.17) is 4.52 Å². The Labute approximate surface area is 113 Å². The van der Waals surface area contributed by atoms with Crippen LogP contribution in [0.1, 0.15) is 68.5 Å². The highest BCUT2D eigenvalue weighted by Gasteiger charge is 2.33. The van der Waals surface area contributed by atoms with Crippen LogP contribution in [-0.2, 0) is 9.84 Å². The molecule has 2 aliphatic rings. The van der Waals surface area contributed by atoms with E-state index in [2.05, 4.69) is 10.1 Å². The van der Waals surface area contributed by atoms with Gasteiger partial charge in [-0.15, -0.1) is 0 Å². The number of aromatic nitrogens is 2. The summed E-state index contributed by atoms with van der Waals surface area (Å²) in [5, 5.41) is 4.02. The summed E-state index contributed by atoms with van der Waals surface area (Å²) in [6.45, 7) is 0. The number of hydrogen-bond acceptors (Lipinski definition) is 5. The lowest BCUT2D eigenvalue weighted by molar-refractivity contribution is 0.336. The van der Waals surface area contributed by atoms with Gasteiger partial charge >= 0.3 is 0 Å². The molecule has 6 heteroatoms. The van der Waals surface area contributed by atoms with Gasteiger partial charge in [-0.1, -0.05) is 30.8 Å². The molecule has 0 spiro atoms. The van der Waals surface area contributed by atoms with Crippen LogP contribution in [-0.4, -0.2) is 30.1 Å². The van der Waals surface area contributed by atoms with Gasteiger partial charge in [-0.05, 0) is 19.3 Å². The Morgan fingerprint density at radius 1 is 1.00 bits per heavy atom. The van der Waals surface area contributed by atoms with Crippen molar-refractivity contribution in [2.75, 3.05) is 11.5 Å². The summed E-state index contributed by atoms with van der Waals surface area (Å²) in [5.41, 5.74) is 0. The molecule has 0 aromatic carbocycles. The first-order chi connectivity index (χ1) is 9.14. The van der Waals surface area contributed by atoms with Crippen molar-refractivity contribution in [3.8, 4) is 0 Å². The molecule has 2 fully saturated rings. The summed E-state index contributed by atoms with van der Waals surface area (Å²) in [4.78, 5) is 4.48. The maximum absolute atomic E-state index is 11.5. The summed E-state index contributed by atoms with van der Waals surface area (Å²) in [5.74, 6) is 2.07. The standard InChI is InChI=1S/C13H20N2O3S/c16-19(17)8-7-11(9-19)12-14-13(18-15-12)10-5-3-1-2-4-6-10/h10-11H,1-9H2/t11-/m1/s1. The average molecular weight is 284 g/mol. The third kappa shape index (κ3) is 2.99. The summed E-state index contributed by atoms with van der Waals surface area (Å²) >= 11 is 0. The smallest absolute Gasteiger partial charge is 0.229 e. The molecule has 2 heterocycles. The van der Waals surface area contributed by atoms with Crippen LogP contribution in [0.4, 0.5) is 0 Å². The van der Waals surface area contributed by atoms with Crippen LogP contribution in [0.15, 0.2) is 4.52 Å². The minimum Gasteiger partial charge on any atom is -0.339 e. The molecule has 1 atom stereocenters. The molecule has 3 rings (SSSR count). The molecule has 0 bridgehead atoms. The van der Waals surface area contributed by atoms with Gasteiger partial charge in [0, 0.05) is 11.8 Å². The van der Waals surface area contributed by atoms with Crippen LogP contribution in [0.5, 0.6) is 0 Å². The number of nitrogens with zero attached hydrogens (tertiary/aromatic N) is 2. The second-order valence-electron chi connectivity index (χ2n) is 5.78. The molecule has 1 aromatic rings. The molecule has 0 unspecified atom stereocenters. The molecule has 1 saturated carbocycles. The van der Waals surface area contributed by atoms with Crippen molar-refractivity contribution < 1.29 is 12.9 Å². The van der Waals surface area contributed by atoms with E-state index < -0.39 is 9.84 Å². The molecule has 0 N–H and O–H groups in total. The second kappa shape index (κ2) is 5.23. The first-order valence-corrected chi connectivity index (χ1v) is 9.00. The minimum atomic E-state index is -2.89. The Hall–Kier alpha value is -0.910. The van der Waals surface area contributed by atoms with Gasteiger partial charge in [0.15, 0.2) is 15.7 Å². The van der Waals surface area contributed by atoms with E-state index in [9.17, 15) is 8.42 Å². The number of sulfone groups is 1. The first-order valence-electron chi connectivity index (χ1n) is 7.18. The van der Waals surface area contributed by atoms with Crippen LogP contribution in [0.2, 0.25) is 0 Å². The van der Waals surface area contributed by atoms with Crippen LogP contribution < -0.4 is 0 Å². The van der Waals surface area contributed by atoms with E-state index in [1.165, 1.54) is 25.7 Å². The molecule has 5 nitrogen and oxygen atoms in total. The minimum absolute atomic E-state index is 0.0618. The molecular formula is C13H20N2O3S. The van der Waals surface area contributed by atoms with Crippen molar-refractivity contribution >= 4 is 9.84 Å². The fourth-order valence-electron chi connectivity index (χ4n) is 3.10. The molecular weight excluding hydrogens is 264 g/mol. The van der Waals surface area contributed by atoms with E-state index in [1.807, 2.05) is 0 Å².